The summed E-state index contributed by atoms with van der Waals surface area (Å²) in [5, 5.41) is 7.00. The highest BCUT2D eigenvalue weighted by atomic mass is 16.5. The van der Waals surface area contributed by atoms with Gasteiger partial charge in [0.15, 0.2) is 0 Å². The topological polar surface area (TPSA) is 146 Å². The van der Waals surface area contributed by atoms with Crippen LogP contribution in [-0.4, -0.2) is 112 Å². The number of ketones is 4. The van der Waals surface area contributed by atoms with Gasteiger partial charge in [-0.3, -0.25) is 24.0 Å². The Morgan fingerprint density at radius 3 is 1.47 bits per heavy atom. The fourth-order valence-corrected chi connectivity index (χ4v) is 4.52. The molecule has 1 N–H and O–H groups in total. The Bertz CT molecular complexity index is 947. The number of aliphatic hydroxyl groups excluding tert-OH is 1. The van der Waals surface area contributed by atoms with E-state index in [0.29, 0.717) is 12.8 Å². The molecule has 0 rings (SSSR count). The van der Waals surface area contributed by atoms with Gasteiger partial charge in [0.25, 0.3) is 0 Å². The zero-order chi connectivity index (χ0) is 38.8. The summed E-state index contributed by atoms with van der Waals surface area (Å²) in [6.45, 7) is 23.1. The van der Waals surface area contributed by atoms with Crippen LogP contribution in [0.15, 0.2) is 0 Å². The molecule has 0 aromatic heterocycles. The van der Waals surface area contributed by atoms with Crippen LogP contribution in [0.25, 0.3) is 0 Å². The molecule has 0 saturated carbocycles. The summed E-state index contributed by atoms with van der Waals surface area (Å²) < 4.78 is 24.0. The second kappa shape index (κ2) is 27.6. The number of hydrogen-bond acceptors (Lipinski definition) is 10. The third-order valence-electron chi connectivity index (χ3n) is 8.42. The Hall–Kier alpha value is -2.05. The molecule has 0 heterocycles. The first kappa shape index (κ1) is 51.3. The number of carbonyl (C=O) groups is 5. The van der Waals surface area contributed by atoms with Gasteiger partial charge in [-0.2, -0.15) is 0 Å². The zero-order valence-corrected chi connectivity index (χ0v) is 33.6. The fraction of sp³-hybridized carbons (Fsp3) is 0.868. The Morgan fingerprint density at radius 2 is 1.06 bits per heavy atom. The molecule has 0 aliphatic rings. The number of ether oxygens (including phenoxy) is 4. The molecule has 0 aromatic carbocycles. The summed E-state index contributed by atoms with van der Waals surface area (Å²) in [6.07, 6.45) is 2.26. The molecule has 0 spiro atoms. The number of Topliss-reactive ketones (excluding diaryl/α,β-unsaturated/α-hetero) is 4. The van der Waals surface area contributed by atoms with E-state index in [1.54, 1.807) is 32.7 Å². The van der Waals surface area contributed by atoms with Gasteiger partial charge < -0.3 is 29.0 Å². The van der Waals surface area contributed by atoms with Gasteiger partial charge in [0, 0.05) is 63.5 Å². The number of aliphatic hydroxyl groups is 1. The van der Waals surface area contributed by atoms with Crippen molar-refractivity contribution in [3.8, 4) is 0 Å². The van der Waals surface area contributed by atoms with Gasteiger partial charge >= 0.3 is 0 Å². The quantitative estimate of drug-likeness (QED) is 0.103. The first-order valence-corrected chi connectivity index (χ1v) is 18.0. The normalized spacial score (nSPS) is 13.3. The summed E-state index contributed by atoms with van der Waals surface area (Å²) >= 11 is 0. The SMILES string of the molecule is CC.CCC(=O)CCOCC(COCCC(=O)C(C)C)(COCCC(=O)C(C)CC)N(C)C(=O)C(C)(C)COCC(C)(C)C(=O)CC.CO. The summed E-state index contributed by atoms with van der Waals surface area (Å²) in [6, 6.07) is 0. The van der Waals surface area contributed by atoms with Gasteiger partial charge in [-0.05, 0) is 20.3 Å². The van der Waals surface area contributed by atoms with Crippen LogP contribution in [0.5, 0.6) is 0 Å². The van der Waals surface area contributed by atoms with E-state index >= 15 is 0 Å². The van der Waals surface area contributed by atoms with Crippen LogP contribution >= 0.6 is 0 Å². The van der Waals surface area contributed by atoms with Crippen molar-refractivity contribution in [2.75, 3.05) is 67.0 Å². The van der Waals surface area contributed by atoms with Gasteiger partial charge in [0.05, 0.1) is 58.3 Å². The summed E-state index contributed by atoms with van der Waals surface area (Å²) in [7, 11) is 2.66. The predicted molar refractivity (Wildman–Crippen MR) is 195 cm³/mol. The van der Waals surface area contributed by atoms with E-state index in [1.807, 2.05) is 62.3 Å². The van der Waals surface area contributed by atoms with E-state index in [1.165, 1.54) is 0 Å². The van der Waals surface area contributed by atoms with Gasteiger partial charge in [0.1, 0.15) is 28.7 Å². The molecule has 0 radical (unpaired) electrons. The number of amides is 1. The van der Waals surface area contributed by atoms with Gasteiger partial charge in [0.2, 0.25) is 5.91 Å². The Balaban J connectivity index is -0.00000508. The van der Waals surface area contributed by atoms with E-state index in [-0.39, 0.29) is 113 Å². The van der Waals surface area contributed by atoms with Crippen molar-refractivity contribution in [3.63, 3.8) is 0 Å². The van der Waals surface area contributed by atoms with Crippen molar-refractivity contribution < 1.29 is 48.0 Å². The molecular formula is C38H73NO10. The van der Waals surface area contributed by atoms with Crippen LogP contribution < -0.4 is 0 Å². The molecule has 49 heavy (non-hydrogen) atoms. The number of nitrogens with zero attached hydrogens (tertiary/aromatic N) is 1. The van der Waals surface area contributed by atoms with Crippen LogP contribution in [0.4, 0.5) is 0 Å². The molecule has 0 fully saturated rings. The highest BCUT2D eigenvalue weighted by molar-refractivity contribution is 5.84. The van der Waals surface area contributed by atoms with Crippen molar-refractivity contribution in [1.29, 1.82) is 0 Å². The third-order valence-corrected chi connectivity index (χ3v) is 8.42. The molecule has 0 saturated heterocycles. The fourth-order valence-electron chi connectivity index (χ4n) is 4.52. The Morgan fingerprint density at radius 1 is 0.633 bits per heavy atom. The van der Waals surface area contributed by atoms with Crippen LogP contribution in [0.3, 0.4) is 0 Å². The zero-order valence-electron chi connectivity index (χ0n) is 33.6. The average molecular weight is 704 g/mol. The predicted octanol–water partition coefficient (Wildman–Crippen LogP) is 5.91. The van der Waals surface area contributed by atoms with E-state index in [9.17, 15) is 24.0 Å². The molecule has 0 aliphatic heterocycles. The Labute approximate surface area is 298 Å². The van der Waals surface area contributed by atoms with E-state index < -0.39 is 16.4 Å². The van der Waals surface area contributed by atoms with Gasteiger partial charge in [-0.1, -0.05) is 69.2 Å². The van der Waals surface area contributed by atoms with E-state index in [4.69, 9.17) is 24.1 Å². The number of likely N-dealkylation sites (N-methyl/N-ethyl adjacent to an activating group) is 1. The molecule has 0 bridgehead atoms. The van der Waals surface area contributed by atoms with E-state index in [0.717, 1.165) is 13.5 Å². The van der Waals surface area contributed by atoms with Crippen LogP contribution in [0, 0.1) is 22.7 Å². The maximum Gasteiger partial charge on any atom is 0.231 e. The summed E-state index contributed by atoms with van der Waals surface area (Å²) in [5.41, 5.74) is -2.78. The van der Waals surface area contributed by atoms with Gasteiger partial charge in [-0.25, -0.2) is 0 Å². The minimum atomic E-state index is -1.12. The Kier molecular flexibility index (Phi) is 29.0. The molecule has 2 unspecified atom stereocenters. The first-order chi connectivity index (χ1) is 22.9. The minimum Gasteiger partial charge on any atom is -0.400 e. The molecule has 0 aromatic rings. The third kappa shape index (κ3) is 20.4. The van der Waals surface area contributed by atoms with Crippen LogP contribution in [0.2, 0.25) is 0 Å². The highest BCUT2D eigenvalue weighted by Crippen LogP contribution is 2.28. The van der Waals surface area contributed by atoms with Crippen molar-refractivity contribution >= 4 is 29.0 Å². The average Bonchev–Trinajstić information content (AvgIpc) is 3.09. The molecule has 1 amide bonds. The summed E-state index contributed by atoms with van der Waals surface area (Å²) in [5.74, 6) is -0.116. The molecule has 2 atom stereocenters. The maximum atomic E-state index is 14.1. The van der Waals surface area contributed by atoms with Crippen molar-refractivity contribution in [2.45, 2.75) is 127 Å². The molecule has 11 heteroatoms. The second-order valence-corrected chi connectivity index (χ2v) is 13.8. The number of hydrogen-bond donors (Lipinski definition) is 1. The standard InChI is InChI=1S/C35H63NO9.C2H6.CH4O/c1-12-27(6)30(39)17-20-44-25-35(23-42-18-15-28(37)13-2,24-43-19-16-29(38)26(4)5)36(11)32(41)34(9,10)22-45-21-33(7,8)31(40)14-3;2*1-2/h26-27H,12-25H2,1-11H3;1-2H3;2H,1H3. The first-order valence-electron chi connectivity index (χ1n) is 18.0. The molecule has 290 valence electrons. The number of carbonyl (C=O) groups excluding carboxylic acids is 5. The van der Waals surface area contributed by atoms with Crippen molar-refractivity contribution in [1.82, 2.24) is 4.90 Å². The van der Waals surface area contributed by atoms with Crippen molar-refractivity contribution in [3.05, 3.63) is 0 Å². The lowest BCUT2D eigenvalue weighted by molar-refractivity contribution is -0.162. The lowest BCUT2D eigenvalue weighted by Crippen LogP contribution is -2.62. The lowest BCUT2D eigenvalue weighted by Gasteiger charge is -2.44. The number of rotatable bonds is 27. The highest BCUT2D eigenvalue weighted by Gasteiger charge is 2.44. The lowest BCUT2D eigenvalue weighted by atomic mass is 9.87. The molecule has 0 aliphatic carbocycles. The minimum absolute atomic E-state index is 0.0105. The molecule has 11 nitrogen and oxygen atoms in total. The van der Waals surface area contributed by atoms with Crippen molar-refractivity contribution in [2.24, 2.45) is 22.7 Å². The maximum absolute atomic E-state index is 14.1. The monoisotopic (exact) mass is 704 g/mol. The largest absolute Gasteiger partial charge is 0.400 e. The second-order valence-electron chi connectivity index (χ2n) is 13.8. The molecular weight excluding hydrogens is 630 g/mol. The van der Waals surface area contributed by atoms with Gasteiger partial charge in [-0.15, -0.1) is 0 Å². The summed E-state index contributed by atoms with van der Waals surface area (Å²) in [4.78, 5) is 64.6. The van der Waals surface area contributed by atoms with Crippen LogP contribution in [0.1, 0.15) is 122 Å². The smallest absolute Gasteiger partial charge is 0.231 e. The van der Waals surface area contributed by atoms with E-state index in [2.05, 4.69) is 0 Å². The van der Waals surface area contributed by atoms with Crippen LogP contribution in [-0.2, 0) is 42.9 Å².